The topological polar surface area (TPSA) is 28.5 Å². The Hall–Kier alpha value is -4.50. The molecule has 1 aliphatic rings. The van der Waals surface area contributed by atoms with Crippen molar-refractivity contribution in [2.45, 2.75) is 45.7 Å². The van der Waals surface area contributed by atoms with Gasteiger partial charge in [-0.3, -0.25) is 4.99 Å². The zero-order chi connectivity index (χ0) is 27.6. The van der Waals surface area contributed by atoms with Crippen molar-refractivity contribution in [3.8, 4) is 22.3 Å². The van der Waals surface area contributed by atoms with Crippen molar-refractivity contribution in [3.05, 3.63) is 109 Å². The smallest absolute Gasteiger partial charge is 0.134 e. The third kappa shape index (κ3) is 3.50. The van der Waals surface area contributed by atoms with Crippen molar-refractivity contribution in [3.63, 3.8) is 0 Å². The SMILES string of the molecule is CC1=NC(C)(C)C(C)(C)N1c1ccc(-c2c3ccccc3c(-c3cccc4ccccc34)c3ccccc23)cn1. The predicted molar refractivity (Wildman–Crippen MR) is 171 cm³/mol. The molecule has 7 rings (SSSR count). The number of anilines is 1. The number of rotatable bonds is 3. The summed E-state index contributed by atoms with van der Waals surface area (Å²) in [4.78, 5) is 12.3. The summed E-state index contributed by atoms with van der Waals surface area (Å²) in [5, 5.41) is 7.50. The molecule has 0 amide bonds. The van der Waals surface area contributed by atoms with Crippen LogP contribution in [-0.4, -0.2) is 21.9 Å². The van der Waals surface area contributed by atoms with Crippen LogP contribution in [0.5, 0.6) is 0 Å². The molecule has 1 aromatic heterocycles. The molecule has 2 heterocycles. The minimum atomic E-state index is -0.193. The summed E-state index contributed by atoms with van der Waals surface area (Å²) in [6.07, 6.45) is 2.04. The highest BCUT2D eigenvalue weighted by atomic mass is 15.4. The van der Waals surface area contributed by atoms with E-state index in [0.717, 1.165) is 17.2 Å². The third-order valence-electron chi connectivity index (χ3n) is 9.08. The van der Waals surface area contributed by atoms with Gasteiger partial charge < -0.3 is 4.90 Å². The van der Waals surface area contributed by atoms with Gasteiger partial charge in [0.05, 0.1) is 11.1 Å². The lowest BCUT2D eigenvalue weighted by molar-refractivity contribution is 0.337. The average Bonchev–Trinajstić information content (AvgIpc) is 3.12. The molecule has 0 fully saturated rings. The van der Waals surface area contributed by atoms with E-state index in [4.69, 9.17) is 9.98 Å². The molecule has 3 heteroatoms. The molecule has 0 saturated carbocycles. The fraction of sp³-hybridized carbons (Fsp3) is 0.189. The van der Waals surface area contributed by atoms with E-state index in [9.17, 15) is 0 Å². The standard InChI is InChI=1S/C37H33N3/c1-24-39-36(2,3)37(4,5)40(24)33-22-21-26(23-38-33)34-29-16-8-10-18-31(29)35(32-19-11-9-17-30(32)34)28-20-12-14-25-13-6-7-15-27(25)28/h6-23H,1-5H3. The van der Waals surface area contributed by atoms with Crippen molar-refractivity contribution in [2.75, 3.05) is 4.90 Å². The Kier molecular flexibility index (Phi) is 5.37. The molecule has 0 aliphatic carbocycles. The monoisotopic (exact) mass is 519 g/mol. The van der Waals surface area contributed by atoms with Crippen LogP contribution >= 0.6 is 0 Å². The Morgan fingerprint density at radius 3 is 1.68 bits per heavy atom. The van der Waals surface area contributed by atoms with Gasteiger partial charge in [0.2, 0.25) is 0 Å². The molecule has 0 radical (unpaired) electrons. The number of hydrogen-bond donors (Lipinski definition) is 0. The van der Waals surface area contributed by atoms with E-state index in [1.165, 1.54) is 49.0 Å². The molecule has 0 N–H and O–H groups in total. The summed E-state index contributed by atoms with van der Waals surface area (Å²) in [5.41, 5.74) is 4.52. The Labute approximate surface area is 235 Å². The van der Waals surface area contributed by atoms with Crippen LogP contribution in [0.2, 0.25) is 0 Å². The van der Waals surface area contributed by atoms with Crippen molar-refractivity contribution < 1.29 is 0 Å². The van der Waals surface area contributed by atoms with Gasteiger partial charge in [0.15, 0.2) is 0 Å². The minimum absolute atomic E-state index is 0.175. The second kappa shape index (κ2) is 8.76. The van der Waals surface area contributed by atoms with Crippen molar-refractivity contribution in [2.24, 2.45) is 4.99 Å². The molecular weight excluding hydrogens is 486 g/mol. The minimum Gasteiger partial charge on any atom is -0.307 e. The van der Waals surface area contributed by atoms with E-state index >= 15 is 0 Å². The summed E-state index contributed by atoms with van der Waals surface area (Å²) in [5.74, 6) is 1.94. The number of fused-ring (bicyclic) bond motifs is 3. The summed E-state index contributed by atoms with van der Waals surface area (Å²) in [6.45, 7) is 11.0. The molecule has 0 unspecified atom stereocenters. The van der Waals surface area contributed by atoms with Gasteiger partial charge in [-0.15, -0.1) is 0 Å². The molecule has 1 aliphatic heterocycles. The highest BCUT2D eigenvalue weighted by Crippen LogP contribution is 2.46. The Balaban J connectivity index is 1.47. The van der Waals surface area contributed by atoms with Crippen LogP contribution in [0.1, 0.15) is 34.6 Å². The van der Waals surface area contributed by atoms with E-state index < -0.39 is 0 Å². The Bertz CT molecular complexity index is 1900. The van der Waals surface area contributed by atoms with E-state index in [0.29, 0.717) is 0 Å². The van der Waals surface area contributed by atoms with Crippen molar-refractivity contribution in [1.82, 2.24) is 4.98 Å². The normalized spacial score (nSPS) is 16.1. The van der Waals surface area contributed by atoms with Crippen molar-refractivity contribution in [1.29, 1.82) is 0 Å². The highest BCUT2D eigenvalue weighted by molar-refractivity contribution is 6.23. The van der Waals surface area contributed by atoms with Gasteiger partial charge in [0.1, 0.15) is 11.7 Å². The van der Waals surface area contributed by atoms with Gasteiger partial charge in [0.25, 0.3) is 0 Å². The quantitative estimate of drug-likeness (QED) is 0.218. The van der Waals surface area contributed by atoms with Crippen LogP contribution in [0.3, 0.4) is 0 Å². The van der Waals surface area contributed by atoms with Crippen LogP contribution < -0.4 is 4.90 Å². The van der Waals surface area contributed by atoms with Crippen molar-refractivity contribution >= 4 is 44.0 Å². The van der Waals surface area contributed by atoms with E-state index in [2.05, 4.69) is 143 Å². The van der Waals surface area contributed by atoms with Gasteiger partial charge in [-0.1, -0.05) is 91.0 Å². The van der Waals surface area contributed by atoms with Gasteiger partial charge >= 0.3 is 0 Å². The zero-order valence-corrected chi connectivity index (χ0v) is 23.7. The van der Waals surface area contributed by atoms with Gasteiger partial charge in [0, 0.05) is 11.8 Å². The van der Waals surface area contributed by atoms with E-state index in [1.807, 2.05) is 6.20 Å². The first-order valence-electron chi connectivity index (χ1n) is 14.0. The first-order valence-corrected chi connectivity index (χ1v) is 14.0. The predicted octanol–water partition coefficient (Wildman–Crippen LogP) is 9.67. The average molecular weight is 520 g/mol. The molecular formula is C37H33N3. The number of hydrogen-bond acceptors (Lipinski definition) is 3. The van der Waals surface area contributed by atoms with Crippen LogP contribution in [0.15, 0.2) is 114 Å². The number of amidine groups is 1. The molecule has 40 heavy (non-hydrogen) atoms. The van der Waals surface area contributed by atoms with Gasteiger partial charge in [-0.25, -0.2) is 4.98 Å². The number of aliphatic imine (C=N–C) groups is 1. The largest absolute Gasteiger partial charge is 0.307 e. The van der Waals surface area contributed by atoms with Crippen LogP contribution in [0, 0.1) is 0 Å². The maximum Gasteiger partial charge on any atom is 0.134 e. The molecule has 196 valence electrons. The number of pyridine rings is 1. The summed E-state index contributed by atoms with van der Waals surface area (Å²) < 4.78 is 0. The van der Waals surface area contributed by atoms with E-state index in [-0.39, 0.29) is 11.1 Å². The zero-order valence-electron chi connectivity index (χ0n) is 23.7. The Morgan fingerprint density at radius 1 is 0.575 bits per heavy atom. The molecule has 6 aromatic rings. The number of aromatic nitrogens is 1. The lowest BCUT2D eigenvalue weighted by Crippen LogP contribution is -2.53. The van der Waals surface area contributed by atoms with E-state index in [1.54, 1.807) is 0 Å². The first-order chi connectivity index (χ1) is 19.3. The highest BCUT2D eigenvalue weighted by Gasteiger charge is 2.48. The second-order valence-electron chi connectivity index (χ2n) is 11.9. The number of nitrogens with zero attached hydrogens (tertiary/aromatic N) is 3. The fourth-order valence-electron chi connectivity index (χ4n) is 6.56. The lowest BCUT2D eigenvalue weighted by Gasteiger charge is -2.40. The molecule has 0 saturated heterocycles. The van der Waals surface area contributed by atoms with Crippen LogP contribution in [0.25, 0.3) is 54.6 Å². The maximum atomic E-state index is 5.03. The summed E-state index contributed by atoms with van der Waals surface area (Å²) >= 11 is 0. The summed E-state index contributed by atoms with van der Waals surface area (Å²) in [7, 11) is 0. The fourth-order valence-corrected chi connectivity index (χ4v) is 6.56. The van der Waals surface area contributed by atoms with Gasteiger partial charge in [-0.05, 0) is 95.8 Å². The summed E-state index contributed by atoms with van der Waals surface area (Å²) in [6, 6.07) is 37.3. The molecule has 0 bridgehead atoms. The molecule has 0 atom stereocenters. The van der Waals surface area contributed by atoms with Crippen LogP contribution in [0.4, 0.5) is 5.82 Å². The maximum absolute atomic E-state index is 5.03. The second-order valence-corrected chi connectivity index (χ2v) is 11.9. The first kappa shape index (κ1) is 24.5. The molecule has 0 spiro atoms. The number of benzene rings is 5. The molecule has 5 aromatic carbocycles. The third-order valence-corrected chi connectivity index (χ3v) is 9.08. The lowest BCUT2D eigenvalue weighted by atomic mass is 9.83. The Morgan fingerprint density at radius 2 is 1.12 bits per heavy atom. The van der Waals surface area contributed by atoms with Crippen LogP contribution in [-0.2, 0) is 0 Å². The molecule has 3 nitrogen and oxygen atoms in total. The van der Waals surface area contributed by atoms with Gasteiger partial charge in [-0.2, -0.15) is 0 Å².